The fraction of sp³-hybridized carbons (Fsp3) is 0. The van der Waals surface area contributed by atoms with Crippen LogP contribution in [0.3, 0.4) is 0 Å². The van der Waals surface area contributed by atoms with Gasteiger partial charge in [-0.25, -0.2) is 4.57 Å². The monoisotopic (exact) mass is 331 g/mol. The molecule has 9 heavy (non-hydrogen) atoms. The standard InChI is InChI=1S/Ag.3Ca.H3O4P.6H/c;;;;1-5(2,3)4;;;;;;/h;;;;(H3,1,2,3,4);;;;;;/q;3*+2;;6*-1. The van der Waals surface area contributed by atoms with Gasteiger partial charge in [-0.2, -0.15) is 0 Å². The van der Waals surface area contributed by atoms with Crippen LogP contribution in [0.25, 0.3) is 0 Å². The minimum atomic E-state index is -4.64. The molecule has 0 aliphatic heterocycles. The van der Waals surface area contributed by atoms with Gasteiger partial charge < -0.3 is 23.2 Å². The van der Waals surface area contributed by atoms with E-state index in [4.69, 9.17) is 19.2 Å². The number of hydrogen-bond donors (Lipinski definition) is 3. The Morgan fingerprint density at radius 2 is 1.00 bits per heavy atom. The molecule has 0 unspecified atom stereocenters. The SMILES string of the molecule is O=P(O)(O)O.[Ag].[Ca+2].[Ca+2].[Ca+2].[H-].[H-].[H-].[H-].[H-].[H-]. The van der Waals surface area contributed by atoms with Crippen LogP contribution in [-0.4, -0.2) is 128 Å². The molecule has 0 aromatic rings. The molecule has 1 radical (unpaired) electrons. The zero-order valence-electron chi connectivity index (χ0n) is 10.6. The maximum atomic E-state index is 8.88. The Bertz CT molecular complexity index is 76.5. The van der Waals surface area contributed by atoms with Gasteiger partial charge in [-0.3, -0.25) is 0 Å². The molecular weight excluding hydrogens is 323 g/mol. The van der Waals surface area contributed by atoms with Crippen LogP contribution in [0, 0.1) is 0 Å². The molecule has 0 aliphatic carbocycles. The topological polar surface area (TPSA) is 77.8 Å². The second-order valence-corrected chi connectivity index (χ2v) is 1.54. The van der Waals surface area contributed by atoms with Crippen LogP contribution in [0.2, 0.25) is 0 Å². The second kappa shape index (κ2) is 15.1. The van der Waals surface area contributed by atoms with E-state index in [0.29, 0.717) is 0 Å². The fourth-order valence-corrected chi connectivity index (χ4v) is 0. The van der Waals surface area contributed by atoms with Crippen molar-refractivity contribution in [2.24, 2.45) is 0 Å². The van der Waals surface area contributed by atoms with Crippen LogP contribution in [0.1, 0.15) is 8.56 Å². The zero-order chi connectivity index (χ0) is 4.50. The van der Waals surface area contributed by atoms with Crippen LogP contribution in [0.5, 0.6) is 0 Å². The van der Waals surface area contributed by atoms with E-state index in [1.165, 1.54) is 0 Å². The molecule has 0 fully saturated rings. The summed E-state index contributed by atoms with van der Waals surface area (Å²) < 4.78 is 8.88. The first kappa shape index (κ1) is 29.2. The Balaban J connectivity index is -0.00000000178. The fourth-order valence-electron chi connectivity index (χ4n) is 0. The number of hydrogen-bond acceptors (Lipinski definition) is 1. The van der Waals surface area contributed by atoms with Gasteiger partial charge in [-0.05, 0) is 0 Å². The van der Waals surface area contributed by atoms with Gasteiger partial charge in [-0.1, -0.05) is 0 Å². The smallest absolute Gasteiger partial charge is 1.00 e. The normalized spacial score (nSPS) is 6.56. The van der Waals surface area contributed by atoms with Crippen molar-refractivity contribution in [1.29, 1.82) is 0 Å². The molecule has 0 aromatic carbocycles. The van der Waals surface area contributed by atoms with E-state index < -0.39 is 7.82 Å². The van der Waals surface area contributed by atoms with Crippen molar-refractivity contribution in [2.75, 3.05) is 0 Å². The Labute approximate surface area is 167 Å². The Morgan fingerprint density at radius 1 is 1.00 bits per heavy atom. The Kier molecular flexibility index (Phi) is 49.0. The molecule has 0 heterocycles. The predicted molar refractivity (Wildman–Crippen MR) is 38.2 cm³/mol. The molecule has 0 spiro atoms. The first-order valence-electron chi connectivity index (χ1n) is 0.783. The Morgan fingerprint density at radius 3 is 1.00 bits per heavy atom. The summed E-state index contributed by atoms with van der Waals surface area (Å²) >= 11 is 0. The van der Waals surface area contributed by atoms with Crippen LogP contribution >= 0.6 is 7.82 Å². The third-order valence-electron chi connectivity index (χ3n) is 0. The number of rotatable bonds is 0. The van der Waals surface area contributed by atoms with Crippen molar-refractivity contribution in [3.8, 4) is 0 Å². The summed E-state index contributed by atoms with van der Waals surface area (Å²) in [5, 5.41) is 0. The van der Waals surface area contributed by atoms with Crippen molar-refractivity contribution in [2.45, 2.75) is 0 Å². The second-order valence-electron chi connectivity index (χ2n) is 0.513. The molecule has 9 heteroatoms. The summed E-state index contributed by atoms with van der Waals surface area (Å²) in [4.78, 5) is 21.6. The van der Waals surface area contributed by atoms with Gasteiger partial charge in [0, 0.05) is 22.4 Å². The quantitative estimate of drug-likeness (QED) is 0.377. The molecule has 0 aromatic heterocycles. The molecule has 0 saturated carbocycles. The van der Waals surface area contributed by atoms with Gasteiger partial charge >= 0.3 is 121 Å². The van der Waals surface area contributed by atoms with Crippen LogP contribution in [0.15, 0.2) is 0 Å². The van der Waals surface area contributed by atoms with E-state index in [2.05, 4.69) is 0 Å². The summed E-state index contributed by atoms with van der Waals surface area (Å²) in [6, 6.07) is 0. The van der Waals surface area contributed by atoms with Crippen molar-refractivity contribution < 1.29 is 50.2 Å². The average molecular weight is 332 g/mol. The third kappa shape index (κ3) is 66.6. The predicted octanol–water partition coefficient (Wildman–Crippen LogP) is -1.40. The largest absolute Gasteiger partial charge is 2.00 e. The molecule has 0 bridgehead atoms. The van der Waals surface area contributed by atoms with E-state index >= 15 is 0 Å². The molecule has 0 rings (SSSR count). The minimum absolute atomic E-state index is 0. The van der Waals surface area contributed by atoms with Crippen LogP contribution in [0.4, 0.5) is 0 Å². The first-order valence-corrected chi connectivity index (χ1v) is 2.35. The van der Waals surface area contributed by atoms with Crippen molar-refractivity contribution in [3.05, 3.63) is 0 Å². The Hall–Kier alpha value is 4.63. The van der Waals surface area contributed by atoms with Gasteiger partial charge in [0.05, 0.1) is 0 Å². The average Bonchev–Trinajstić information content (AvgIpc) is 0.722. The van der Waals surface area contributed by atoms with E-state index in [1.807, 2.05) is 0 Å². The van der Waals surface area contributed by atoms with Gasteiger partial charge in [-0.15, -0.1) is 0 Å². The maximum absolute atomic E-state index is 8.88. The first-order chi connectivity index (χ1) is 2.00. The van der Waals surface area contributed by atoms with E-state index in [9.17, 15) is 0 Å². The molecule has 55 valence electrons. The summed E-state index contributed by atoms with van der Waals surface area (Å²) in [6.07, 6.45) is 0. The minimum Gasteiger partial charge on any atom is -1.00 e. The zero-order valence-corrected chi connectivity index (χ0v) is 13.6. The van der Waals surface area contributed by atoms with Gasteiger partial charge in [0.2, 0.25) is 0 Å². The van der Waals surface area contributed by atoms with E-state index in [0.717, 1.165) is 0 Å². The number of phosphoric acid groups is 1. The van der Waals surface area contributed by atoms with Crippen molar-refractivity contribution in [1.82, 2.24) is 0 Å². The summed E-state index contributed by atoms with van der Waals surface area (Å²) in [7, 11) is -4.64. The maximum Gasteiger partial charge on any atom is 2.00 e. The molecular formula is H9AgCa3O4P. The van der Waals surface area contributed by atoms with E-state index in [1.54, 1.807) is 0 Å². The van der Waals surface area contributed by atoms with Gasteiger partial charge in [0.25, 0.3) is 0 Å². The summed E-state index contributed by atoms with van der Waals surface area (Å²) in [6.45, 7) is 0. The molecule has 0 atom stereocenters. The van der Waals surface area contributed by atoms with E-state index in [-0.39, 0.29) is 144 Å². The molecule has 4 nitrogen and oxygen atoms in total. The summed E-state index contributed by atoms with van der Waals surface area (Å²) in [5.41, 5.74) is 0. The molecule has 0 saturated heterocycles. The van der Waals surface area contributed by atoms with Gasteiger partial charge in [0.1, 0.15) is 0 Å². The third-order valence-corrected chi connectivity index (χ3v) is 0. The molecule has 0 amide bonds. The molecule has 0 aliphatic rings. The van der Waals surface area contributed by atoms with Crippen molar-refractivity contribution in [3.63, 3.8) is 0 Å². The van der Waals surface area contributed by atoms with Crippen molar-refractivity contribution >= 4 is 121 Å². The van der Waals surface area contributed by atoms with Gasteiger partial charge in [0.15, 0.2) is 0 Å². The summed E-state index contributed by atoms with van der Waals surface area (Å²) in [5.74, 6) is 0. The van der Waals surface area contributed by atoms with Crippen LogP contribution in [-0.2, 0) is 26.9 Å². The van der Waals surface area contributed by atoms with Crippen LogP contribution < -0.4 is 0 Å². The molecule has 3 N–H and O–H groups in total.